The molecular weight excluding hydrogens is 385 g/mol. The molecule has 0 aliphatic heterocycles. The van der Waals surface area contributed by atoms with Gasteiger partial charge in [-0.25, -0.2) is 9.37 Å². The third kappa shape index (κ3) is 3.97. The van der Waals surface area contributed by atoms with Gasteiger partial charge in [-0.05, 0) is 31.0 Å². The maximum Gasteiger partial charge on any atom is 0.252 e. The van der Waals surface area contributed by atoms with E-state index in [1.165, 1.54) is 0 Å². The number of rotatable bonds is 5. The molecule has 1 aliphatic rings. The number of amides is 1. The molecule has 4 rings (SSSR count). The molecule has 1 amide bonds. The van der Waals surface area contributed by atoms with Crippen LogP contribution in [0.2, 0.25) is 0 Å². The number of halogens is 1. The fourth-order valence-corrected chi connectivity index (χ4v) is 3.78. The lowest BCUT2D eigenvalue weighted by molar-refractivity contribution is 0.100. The second-order valence-electron chi connectivity index (χ2n) is 7.55. The minimum Gasteiger partial charge on any atom is -0.397 e. The van der Waals surface area contributed by atoms with Crippen molar-refractivity contribution in [2.75, 3.05) is 16.4 Å². The summed E-state index contributed by atoms with van der Waals surface area (Å²) in [7, 11) is 0. The van der Waals surface area contributed by atoms with Crippen molar-refractivity contribution in [3.8, 4) is 0 Å². The van der Waals surface area contributed by atoms with Crippen molar-refractivity contribution in [2.24, 2.45) is 11.5 Å². The number of para-hydroxylation sites is 1. The van der Waals surface area contributed by atoms with Gasteiger partial charge >= 0.3 is 0 Å². The number of aromatic nitrogens is 2. The summed E-state index contributed by atoms with van der Waals surface area (Å²) in [6, 6.07) is 8.20. The maximum absolute atomic E-state index is 14.6. The first-order chi connectivity index (χ1) is 14.4. The summed E-state index contributed by atoms with van der Waals surface area (Å²) < 4.78 is 14.6. The zero-order valence-electron chi connectivity index (χ0n) is 16.4. The number of nitrogen functional groups attached to an aromatic ring is 1. The lowest BCUT2D eigenvalue weighted by atomic mass is 9.91. The van der Waals surface area contributed by atoms with Crippen molar-refractivity contribution >= 4 is 39.8 Å². The predicted molar refractivity (Wildman–Crippen MR) is 116 cm³/mol. The third-order valence-corrected chi connectivity index (χ3v) is 5.39. The molecule has 0 saturated heterocycles. The fraction of sp³-hybridized carbons (Fsp3) is 0.286. The molecule has 3 aromatic rings. The molecule has 1 saturated carbocycles. The average Bonchev–Trinajstić information content (AvgIpc) is 2.72. The summed E-state index contributed by atoms with van der Waals surface area (Å²) in [4.78, 5) is 20.5. The van der Waals surface area contributed by atoms with Gasteiger partial charge in [-0.15, -0.1) is 0 Å². The molecule has 2 heterocycles. The normalized spacial score (nSPS) is 18.9. The lowest BCUT2D eigenvalue weighted by Gasteiger charge is -2.30. The molecule has 156 valence electrons. The highest BCUT2D eigenvalue weighted by atomic mass is 19.1. The van der Waals surface area contributed by atoms with Crippen LogP contribution in [0.25, 0.3) is 10.9 Å². The van der Waals surface area contributed by atoms with Crippen molar-refractivity contribution in [2.45, 2.75) is 37.8 Å². The van der Waals surface area contributed by atoms with Crippen molar-refractivity contribution < 1.29 is 9.18 Å². The number of nitrogens with zero attached hydrogens (tertiary/aromatic N) is 2. The Balaban J connectivity index is 1.68. The van der Waals surface area contributed by atoms with Gasteiger partial charge in [-0.1, -0.05) is 25.0 Å². The van der Waals surface area contributed by atoms with Crippen LogP contribution < -0.4 is 27.8 Å². The van der Waals surface area contributed by atoms with E-state index < -0.39 is 11.7 Å². The Labute approximate surface area is 173 Å². The Hall–Kier alpha value is -3.46. The molecule has 8 N–H and O–H groups in total. The minimum absolute atomic E-state index is 0.0304. The number of carbonyl (C=O) groups excluding carboxylic acids is 1. The van der Waals surface area contributed by atoms with Crippen LogP contribution in [0.1, 0.15) is 36.0 Å². The van der Waals surface area contributed by atoms with E-state index in [0.29, 0.717) is 16.9 Å². The lowest BCUT2D eigenvalue weighted by Crippen LogP contribution is -2.43. The first-order valence-corrected chi connectivity index (χ1v) is 9.86. The molecule has 1 aromatic carbocycles. The molecule has 8 nitrogen and oxygen atoms in total. The molecule has 1 aliphatic carbocycles. The number of pyridine rings is 2. The predicted octanol–water partition coefficient (Wildman–Crippen LogP) is 2.88. The van der Waals surface area contributed by atoms with Crippen LogP contribution >= 0.6 is 0 Å². The Morgan fingerprint density at radius 2 is 1.97 bits per heavy atom. The number of hydrogen-bond acceptors (Lipinski definition) is 7. The maximum atomic E-state index is 14.6. The monoisotopic (exact) mass is 409 g/mol. The molecule has 2 atom stereocenters. The van der Waals surface area contributed by atoms with Crippen LogP contribution in [0.3, 0.4) is 0 Å². The first kappa shape index (κ1) is 19.8. The summed E-state index contributed by atoms with van der Waals surface area (Å²) >= 11 is 0. The van der Waals surface area contributed by atoms with Crippen molar-refractivity contribution in [3.05, 3.63) is 47.9 Å². The number of fused-ring (bicyclic) bond motifs is 1. The molecule has 0 radical (unpaired) electrons. The smallest absolute Gasteiger partial charge is 0.252 e. The van der Waals surface area contributed by atoms with Gasteiger partial charge in [-0.2, -0.15) is 0 Å². The summed E-state index contributed by atoms with van der Waals surface area (Å²) in [5, 5.41) is 6.94. The molecule has 9 heteroatoms. The molecule has 1 fully saturated rings. The van der Waals surface area contributed by atoms with Gasteiger partial charge in [-0.3, -0.25) is 9.78 Å². The van der Waals surface area contributed by atoms with E-state index in [1.54, 1.807) is 12.3 Å². The fourth-order valence-electron chi connectivity index (χ4n) is 3.78. The highest BCUT2D eigenvalue weighted by Crippen LogP contribution is 2.28. The molecule has 0 bridgehead atoms. The molecule has 2 aromatic heterocycles. The van der Waals surface area contributed by atoms with Crippen LogP contribution in [0.5, 0.6) is 0 Å². The van der Waals surface area contributed by atoms with Gasteiger partial charge < -0.3 is 27.8 Å². The molecule has 30 heavy (non-hydrogen) atoms. The first-order valence-electron chi connectivity index (χ1n) is 9.86. The number of hydrogen-bond donors (Lipinski definition) is 5. The van der Waals surface area contributed by atoms with E-state index in [1.807, 2.05) is 18.2 Å². The quantitative estimate of drug-likeness (QED) is 0.407. The third-order valence-electron chi connectivity index (χ3n) is 5.39. The average molecular weight is 409 g/mol. The van der Waals surface area contributed by atoms with Crippen LogP contribution in [-0.2, 0) is 0 Å². The zero-order valence-corrected chi connectivity index (χ0v) is 16.4. The Morgan fingerprint density at radius 1 is 1.17 bits per heavy atom. The number of primary amides is 1. The van der Waals surface area contributed by atoms with Gasteiger partial charge in [0.05, 0.1) is 28.7 Å². The number of anilines is 4. The second-order valence-corrected chi connectivity index (χ2v) is 7.55. The Bertz CT molecular complexity index is 1100. The Morgan fingerprint density at radius 3 is 2.73 bits per heavy atom. The van der Waals surface area contributed by atoms with E-state index in [9.17, 15) is 9.18 Å². The van der Waals surface area contributed by atoms with Crippen LogP contribution in [0, 0.1) is 5.82 Å². The largest absolute Gasteiger partial charge is 0.397 e. The van der Waals surface area contributed by atoms with E-state index in [-0.39, 0.29) is 29.3 Å². The van der Waals surface area contributed by atoms with E-state index in [2.05, 4.69) is 20.6 Å². The van der Waals surface area contributed by atoms with Crippen molar-refractivity contribution in [3.63, 3.8) is 0 Å². The topological polar surface area (TPSA) is 145 Å². The van der Waals surface area contributed by atoms with Gasteiger partial charge in [0, 0.05) is 17.5 Å². The SMILES string of the molecule is NC(=O)c1cc(F)c(N[C@@H]2CCCC[C@@H]2N)nc1Nc1cnc2c(N)cccc2c1. The van der Waals surface area contributed by atoms with E-state index >= 15 is 0 Å². The van der Waals surface area contributed by atoms with Gasteiger partial charge in [0.25, 0.3) is 5.91 Å². The van der Waals surface area contributed by atoms with Crippen LogP contribution in [0.4, 0.5) is 27.4 Å². The van der Waals surface area contributed by atoms with Gasteiger partial charge in [0.2, 0.25) is 0 Å². The number of benzene rings is 1. The van der Waals surface area contributed by atoms with E-state index in [0.717, 1.165) is 37.1 Å². The Kier molecular flexibility index (Phi) is 5.37. The zero-order chi connectivity index (χ0) is 21.3. The molecule has 0 unspecified atom stereocenters. The van der Waals surface area contributed by atoms with Gasteiger partial charge in [0.1, 0.15) is 5.82 Å². The second kappa shape index (κ2) is 8.11. The number of carbonyl (C=O) groups is 1. The molecule has 0 spiro atoms. The molecular formula is C21H24FN7O. The standard InChI is InChI=1S/C21H24FN7O/c22-14-9-13(19(25)30)20(29-21(14)28-17-7-2-1-5-15(17)23)27-12-8-11-4-3-6-16(24)18(11)26-10-12/h3-4,6,8-10,15,17H,1-2,5,7,23-24H2,(H2,25,30)(H2,27,28,29)/t15-,17+/m0/s1. The van der Waals surface area contributed by atoms with Crippen molar-refractivity contribution in [1.82, 2.24) is 9.97 Å². The van der Waals surface area contributed by atoms with Gasteiger partial charge in [0.15, 0.2) is 11.6 Å². The summed E-state index contributed by atoms with van der Waals surface area (Å²) in [5.74, 6) is -1.27. The summed E-state index contributed by atoms with van der Waals surface area (Å²) in [6.45, 7) is 0. The minimum atomic E-state index is -0.789. The summed E-state index contributed by atoms with van der Waals surface area (Å²) in [6.07, 6.45) is 5.35. The number of nitrogens with two attached hydrogens (primary N) is 3. The van der Waals surface area contributed by atoms with E-state index in [4.69, 9.17) is 17.2 Å². The summed E-state index contributed by atoms with van der Waals surface area (Å²) in [5.41, 5.74) is 19.3. The van der Waals surface area contributed by atoms with Crippen molar-refractivity contribution in [1.29, 1.82) is 0 Å². The van der Waals surface area contributed by atoms with Crippen LogP contribution in [0.15, 0.2) is 36.5 Å². The highest BCUT2D eigenvalue weighted by molar-refractivity contribution is 5.99. The van der Waals surface area contributed by atoms with Crippen LogP contribution in [-0.4, -0.2) is 28.0 Å². The number of nitrogens with one attached hydrogen (secondary N) is 2. The highest BCUT2D eigenvalue weighted by Gasteiger charge is 2.24.